The van der Waals surface area contributed by atoms with Gasteiger partial charge in [0.15, 0.2) is 11.8 Å². The molecule has 8 nitrogen and oxygen atoms in total. The third kappa shape index (κ3) is 7.63. The van der Waals surface area contributed by atoms with Crippen molar-refractivity contribution in [3.63, 3.8) is 0 Å². The number of guanidine groups is 1. The summed E-state index contributed by atoms with van der Waals surface area (Å²) < 4.78 is 8.09. The lowest BCUT2D eigenvalue weighted by atomic mass is 10.1. The van der Waals surface area contributed by atoms with Crippen LogP contribution in [0.4, 0.5) is 0 Å². The summed E-state index contributed by atoms with van der Waals surface area (Å²) in [5, 5.41) is 14.9. The van der Waals surface area contributed by atoms with Gasteiger partial charge in [-0.3, -0.25) is 4.90 Å². The summed E-state index contributed by atoms with van der Waals surface area (Å²) in [5.74, 6) is 2.56. The average molecular weight is 428 g/mol. The fraction of sp³-hybridized carbons (Fsp3) is 0.609. The molecule has 3 rings (SSSR count). The minimum atomic E-state index is 0.382. The summed E-state index contributed by atoms with van der Waals surface area (Å²) in [4.78, 5) is 7.14. The Bertz CT molecular complexity index is 798. The third-order valence-electron chi connectivity index (χ3n) is 5.66. The lowest BCUT2D eigenvalue weighted by Crippen LogP contribution is -2.39. The first-order valence-corrected chi connectivity index (χ1v) is 11.4. The van der Waals surface area contributed by atoms with Crippen LogP contribution in [0, 0.1) is 6.92 Å². The Morgan fingerprint density at radius 1 is 1.16 bits per heavy atom. The number of hydrogen-bond acceptors (Lipinski definition) is 5. The van der Waals surface area contributed by atoms with Gasteiger partial charge in [-0.15, -0.1) is 10.2 Å². The zero-order valence-electron chi connectivity index (χ0n) is 19.2. The molecular formula is C23H37N7O. The van der Waals surface area contributed by atoms with Gasteiger partial charge in [0, 0.05) is 46.4 Å². The topological polar surface area (TPSA) is 79.6 Å². The number of ether oxygens (including phenoxy) is 1. The van der Waals surface area contributed by atoms with Crippen LogP contribution in [0.2, 0.25) is 0 Å². The van der Waals surface area contributed by atoms with Crippen LogP contribution < -0.4 is 10.6 Å². The van der Waals surface area contributed by atoms with Crippen molar-refractivity contribution in [3.05, 3.63) is 47.5 Å². The molecule has 170 valence electrons. The summed E-state index contributed by atoms with van der Waals surface area (Å²) in [5.41, 5.74) is 1.39. The van der Waals surface area contributed by atoms with Crippen LogP contribution in [-0.2, 0) is 24.9 Å². The standard InChI is InChI=1S/C23H37N7O/c1-4-24-23(26-17-22-28-27-19(2)29(22)3)25-13-8-16-31-21-11-14-30(15-12-21)18-20-9-6-5-7-10-20/h5-7,9-10,21H,4,8,11-18H2,1-3H3,(H2,24,25,26). The highest BCUT2D eigenvalue weighted by Crippen LogP contribution is 2.16. The van der Waals surface area contributed by atoms with E-state index in [2.05, 4.69) is 68.0 Å². The number of aromatic nitrogens is 3. The van der Waals surface area contributed by atoms with Gasteiger partial charge in [-0.25, -0.2) is 4.99 Å². The summed E-state index contributed by atoms with van der Waals surface area (Å²) in [6, 6.07) is 10.7. The second kappa shape index (κ2) is 12.4. The lowest BCUT2D eigenvalue weighted by Gasteiger charge is -2.32. The van der Waals surface area contributed by atoms with Crippen molar-refractivity contribution in [3.8, 4) is 0 Å². The number of likely N-dealkylation sites (tertiary alicyclic amines) is 1. The van der Waals surface area contributed by atoms with Gasteiger partial charge in [0.25, 0.3) is 0 Å². The number of nitrogens with one attached hydrogen (secondary N) is 2. The SMILES string of the molecule is CCNC(=NCc1nnc(C)n1C)NCCCOC1CCN(Cc2ccccc2)CC1. The summed E-state index contributed by atoms with van der Waals surface area (Å²) in [6.45, 7) is 10.2. The van der Waals surface area contributed by atoms with Gasteiger partial charge >= 0.3 is 0 Å². The number of rotatable bonds is 10. The first-order valence-electron chi connectivity index (χ1n) is 11.4. The highest BCUT2D eigenvalue weighted by molar-refractivity contribution is 5.79. The Morgan fingerprint density at radius 2 is 1.94 bits per heavy atom. The Morgan fingerprint density at radius 3 is 2.61 bits per heavy atom. The molecule has 2 aromatic rings. The molecule has 1 aliphatic rings. The quantitative estimate of drug-likeness (QED) is 0.344. The highest BCUT2D eigenvalue weighted by atomic mass is 16.5. The molecule has 0 unspecified atom stereocenters. The smallest absolute Gasteiger partial charge is 0.191 e. The largest absolute Gasteiger partial charge is 0.378 e. The molecule has 2 heterocycles. The van der Waals surface area contributed by atoms with Crippen LogP contribution in [0.1, 0.15) is 43.4 Å². The van der Waals surface area contributed by atoms with Crippen molar-refractivity contribution < 1.29 is 4.74 Å². The van der Waals surface area contributed by atoms with E-state index in [1.807, 2.05) is 18.5 Å². The molecule has 0 bridgehead atoms. The average Bonchev–Trinajstić information content (AvgIpc) is 3.11. The van der Waals surface area contributed by atoms with Gasteiger partial charge in [0.2, 0.25) is 0 Å². The monoisotopic (exact) mass is 427 g/mol. The van der Waals surface area contributed by atoms with E-state index >= 15 is 0 Å². The third-order valence-corrected chi connectivity index (χ3v) is 5.66. The highest BCUT2D eigenvalue weighted by Gasteiger charge is 2.19. The van der Waals surface area contributed by atoms with Crippen LogP contribution in [0.3, 0.4) is 0 Å². The van der Waals surface area contributed by atoms with Crippen molar-refractivity contribution in [2.24, 2.45) is 12.0 Å². The van der Waals surface area contributed by atoms with Crippen LogP contribution in [-0.4, -0.2) is 64.5 Å². The summed E-state index contributed by atoms with van der Waals surface area (Å²) in [7, 11) is 1.96. The van der Waals surface area contributed by atoms with E-state index in [1.165, 1.54) is 5.56 Å². The molecule has 0 saturated carbocycles. The van der Waals surface area contributed by atoms with E-state index in [0.717, 1.165) is 76.2 Å². The van der Waals surface area contributed by atoms with Crippen LogP contribution in [0.25, 0.3) is 0 Å². The molecule has 2 N–H and O–H groups in total. The lowest BCUT2D eigenvalue weighted by molar-refractivity contribution is 0.00534. The molecule has 0 aliphatic carbocycles. The fourth-order valence-electron chi connectivity index (χ4n) is 3.68. The Hall–Kier alpha value is -2.45. The van der Waals surface area contributed by atoms with E-state index in [4.69, 9.17) is 4.74 Å². The molecule has 0 atom stereocenters. The van der Waals surface area contributed by atoms with Gasteiger partial charge in [0.05, 0.1) is 6.10 Å². The van der Waals surface area contributed by atoms with Crippen molar-refractivity contribution >= 4 is 5.96 Å². The maximum atomic E-state index is 6.12. The Kier molecular flexibility index (Phi) is 9.30. The number of hydrogen-bond donors (Lipinski definition) is 2. The second-order valence-corrected chi connectivity index (χ2v) is 8.03. The van der Waals surface area contributed by atoms with Gasteiger partial charge in [-0.05, 0) is 38.7 Å². The van der Waals surface area contributed by atoms with Crippen molar-refractivity contribution in [2.75, 3.05) is 32.8 Å². The number of aliphatic imine (C=N–C) groups is 1. The van der Waals surface area contributed by atoms with Gasteiger partial charge in [-0.1, -0.05) is 30.3 Å². The molecule has 1 saturated heterocycles. The molecule has 1 aromatic carbocycles. The van der Waals surface area contributed by atoms with Crippen molar-refractivity contribution in [2.45, 2.75) is 52.3 Å². The van der Waals surface area contributed by atoms with E-state index in [-0.39, 0.29) is 0 Å². The Labute approximate surface area is 186 Å². The van der Waals surface area contributed by atoms with Crippen LogP contribution in [0.5, 0.6) is 0 Å². The zero-order chi connectivity index (χ0) is 21.9. The normalized spacial score (nSPS) is 15.9. The van der Waals surface area contributed by atoms with Crippen molar-refractivity contribution in [1.29, 1.82) is 0 Å². The van der Waals surface area contributed by atoms with Crippen LogP contribution in [0.15, 0.2) is 35.3 Å². The summed E-state index contributed by atoms with van der Waals surface area (Å²) >= 11 is 0. The molecule has 1 aromatic heterocycles. The van der Waals surface area contributed by atoms with Crippen molar-refractivity contribution in [1.82, 2.24) is 30.3 Å². The predicted octanol–water partition coefficient (Wildman–Crippen LogP) is 2.25. The zero-order valence-corrected chi connectivity index (χ0v) is 19.2. The minimum Gasteiger partial charge on any atom is -0.378 e. The number of piperidine rings is 1. The van der Waals surface area contributed by atoms with Crippen LogP contribution >= 0.6 is 0 Å². The molecule has 0 radical (unpaired) electrons. The van der Waals surface area contributed by atoms with Gasteiger partial charge in [0.1, 0.15) is 12.4 Å². The van der Waals surface area contributed by atoms with E-state index in [0.29, 0.717) is 12.6 Å². The second-order valence-electron chi connectivity index (χ2n) is 8.03. The molecule has 0 amide bonds. The molecule has 8 heteroatoms. The molecule has 1 fully saturated rings. The number of nitrogens with zero attached hydrogens (tertiary/aromatic N) is 5. The van der Waals surface area contributed by atoms with Gasteiger partial charge < -0.3 is 19.9 Å². The predicted molar refractivity (Wildman–Crippen MR) is 124 cm³/mol. The first kappa shape index (κ1) is 23.2. The maximum Gasteiger partial charge on any atom is 0.191 e. The van der Waals surface area contributed by atoms with E-state index in [9.17, 15) is 0 Å². The molecular weight excluding hydrogens is 390 g/mol. The molecule has 0 spiro atoms. The fourth-order valence-corrected chi connectivity index (χ4v) is 3.68. The first-order chi connectivity index (χ1) is 15.2. The maximum absolute atomic E-state index is 6.12. The van der Waals surface area contributed by atoms with E-state index < -0.39 is 0 Å². The Balaban J connectivity index is 1.30. The minimum absolute atomic E-state index is 0.382. The molecule has 31 heavy (non-hydrogen) atoms. The molecule has 1 aliphatic heterocycles. The van der Waals surface area contributed by atoms with E-state index in [1.54, 1.807) is 0 Å². The summed E-state index contributed by atoms with van der Waals surface area (Å²) in [6.07, 6.45) is 3.56. The van der Waals surface area contributed by atoms with Gasteiger partial charge in [-0.2, -0.15) is 0 Å². The number of aryl methyl sites for hydroxylation is 1. The number of benzene rings is 1.